The smallest absolute Gasteiger partial charge is 0.312 e. The lowest BCUT2D eigenvalue weighted by atomic mass is 9.83. The van der Waals surface area contributed by atoms with E-state index in [2.05, 4.69) is 6.92 Å². The van der Waals surface area contributed by atoms with Crippen LogP contribution in [-0.2, 0) is 11.2 Å². The number of carboxylic acids is 1. The molecule has 3 unspecified atom stereocenters. The molecule has 0 aliphatic heterocycles. The number of carbonyl (C=O) groups is 1. The summed E-state index contributed by atoms with van der Waals surface area (Å²) in [6.07, 6.45) is 7.86. The van der Waals surface area contributed by atoms with Crippen LogP contribution in [0.4, 0.5) is 0 Å². The van der Waals surface area contributed by atoms with Crippen LogP contribution in [0.15, 0.2) is 0 Å². The van der Waals surface area contributed by atoms with Crippen LogP contribution in [0.5, 0.6) is 0 Å². The molecule has 0 amide bonds. The first kappa shape index (κ1) is 13.1. The Morgan fingerprint density at radius 1 is 1.32 bits per heavy atom. The van der Waals surface area contributed by atoms with Crippen molar-refractivity contribution in [2.24, 2.45) is 5.92 Å². The molecule has 0 saturated heterocycles. The van der Waals surface area contributed by atoms with E-state index in [-0.39, 0.29) is 5.92 Å². The molecule has 2 aliphatic carbocycles. The molecule has 1 aromatic rings. The summed E-state index contributed by atoms with van der Waals surface area (Å²) in [4.78, 5) is 17.3. The number of aliphatic carboxylic acids is 1. The maximum Gasteiger partial charge on any atom is 0.312 e. The largest absolute Gasteiger partial charge is 0.481 e. The maximum absolute atomic E-state index is 11.3. The number of fused-ring (bicyclic) bond motifs is 1. The molecule has 3 nitrogen and oxygen atoms in total. The lowest BCUT2D eigenvalue weighted by Crippen LogP contribution is -2.17. The second kappa shape index (κ2) is 5.23. The standard InChI is InChI=1S/C15H21NO2S/c1-9-4-2-5-10(8-9)14-16-13-11(15(17)18)6-3-7-12(13)19-14/h9-11H,2-8H2,1H3,(H,17,18). The second-order valence-corrected chi connectivity index (χ2v) is 7.23. The Morgan fingerprint density at radius 3 is 2.89 bits per heavy atom. The van der Waals surface area contributed by atoms with Crippen molar-refractivity contribution < 1.29 is 9.90 Å². The van der Waals surface area contributed by atoms with E-state index >= 15 is 0 Å². The molecule has 0 bridgehead atoms. The molecule has 1 aromatic heterocycles. The van der Waals surface area contributed by atoms with Crippen LogP contribution in [0.2, 0.25) is 0 Å². The number of nitrogens with zero attached hydrogens (tertiary/aromatic N) is 1. The van der Waals surface area contributed by atoms with E-state index in [4.69, 9.17) is 4.98 Å². The van der Waals surface area contributed by atoms with Gasteiger partial charge in [0.1, 0.15) is 0 Å². The fraction of sp³-hybridized carbons (Fsp3) is 0.733. The maximum atomic E-state index is 11.3. The third kappa shape index (κ3) is 2.55. The Balaban J connectivity index is 1.86. The van der Waals surface area contributed by atoms with E-state index in [1.807, 2.05) is 0 Å². The van der Waals surface area contributed by atoms with Gasteiger partial charge in [0.2, 0.25) is 0 Å². The predicted molar refractivity (Wildman–Crippen MR) is 75.8 cm³/mol. The van der Waals surface area contributed by atoms with Crippen LogP contribution >= 0.6 is 11.3 Å². The van der Waals surface area contributed by atoms with Gasteiger partial charge in [-0.2, -0.15) is 0 Å². The molecule has 1 heterocycles. The average molecular weight is 279 g/mol. The summed E-state index contributed by atoms with van der Waals surface area (Å²) in [5.41, 5.74) is 0.886. The molecule has 1 saturated carbocycles. The molecule has 0 spiro atoms. The zero-order chi connectivity index (χ0) is 13.4. The van der Waals surface area contributed by atoms with Crippen molar-refractivity contribution in [2.45, 2.75) is 63.7 Å². The molecule has 0 radical (unpaired) electrons. The van der Waals surface area contributed by atoms with Gasteiger partial charge in [-0.15, -0.1) is 11.3 Å². The summed E-state index contributed by atoms with van der Waals surface area (Å²) in [6.45, 7) is 2.32. The van der Waals surface area contributed by atoms with E-state index in [9.17, 15) is 9.90 Å². The van der Waals surface area contributed by atoms with E-state index in [0.717, 1.165) is 30.9 Å². The van der Waals surface area contributed by atoms with Crippen molar-refractivity contribution in [1.29, 1.82) is 0 Å². The minimum absolute atomic E-state index is 0.352. The van der Waals surface area contributed by atoms with Gasteiger partial charge in [0.25, 0.3) is 0 Å². The van der Waals surface area contributed by atoms with Crippen molar-refractivity contribution in [3.8, 4) is 0 Å². The highest BCUT2D eigenvalue weighted by atomic mass is 32.1. The van der Waals surface area contributed by atoms with Crippen LogP contribution in [0.25, 0.3) is 0 Å². The SMILES string of the molecule is CC1CCCC(c2nc3c(s2)CCCC3C(=O)O)C1. The Kier molecular flexibility index (Phi) is 3.61. The minimum Gasteiger partial charge on any atom is -0.481 e. The van der Waals surface area contributed by atoms with Gasteiger partial charge in [-0.05, 0) is 38.0 Å². The number of hydrogen-bond donors (Lipinski definition) is 1. The van der Waals surface area contributed by atoms with Gasteiger partial charge in [-0.3, -0.25) is 4.79 Å². The highest BCUT2D eigenvalue weighted by Crippen LogP contribution is 2.42. The van der Waals surface area contributed by atoms with Gasteiger partial charge in [-0.25, -0.2) is 4.98 Å². The van der Waals surface area contributed by atoms with E-state index in [1.54, 1.807) is 11.3 Å². The van der Waals surface area contributed by atoms with Gasteiger partial charge in [-0.1, -0.05) is 19.8 Å². The molecule has 3 atom stereocenters. The van der Waals surface area contributed by atoms with Crippen molar-refractivity contribution in [3.05, 3.63) is 15.6 Å². The highest BCUT2D eigenvalue weighted by Gasteiger charge is 2.32. The Labute approximate surface area is 118 Å². The van der Waals surface area contributed by atoms with Crippen LogP contribution in [0, 0.1) is 5.92 Å². The van der Waals surface area contributed by atoms with E-state index in [1.165, 1.54) is 35.6 Å². The first-order chi connectivity index (χ1) is 9.15. The van der Waals surface area contributed by atoms with Gasteiger partial charge in [0.15, 0.2) is 0 Å². The first-order valence-electron chi connectivity index (χ1n) is 7.37. The molecule has 104 valence electrons. The van der Waals surface area contributed by atoms with Crippen LogP contribution < -0.4 is 0 Å². The molecular weight excluding hydrogens is 258 g/mol. The van der Waals surface area contributed by atoms with Gasteiger partial charge >= 0.3 is 5.97 Å². The molecule has 0 aromatic carbocycles. The van der Waals surface area contributed by atoms with Crippen molar-refractivity contribution >= 4 is 17.3 Å². The number of hydrogen-bond acceptors (Lipinski definition) is 3. The molecule has 1 fully saturated rings. The van der Waals surface area contributed by atoms with Gasteiger partial charge < -0.3 is 5.11 Å². The summed E-state index contributed by atoms with van der Waals surface area (Å²) in [7, 11) is 0. The average Bonchev–Trinajstić information content (AvgIpc) is 2.82. The third-order valence-electron chi connectivity index (χ3n) is 4.55. The summed E-state index contributed by atoms with van der Waals surface area (Å²) in [5, 5.41) is 10.5. The van der Waals surface area contributed by atoms with Crippen molar-refractivity contribution in [3.63, 3.8) is 0 Å². The second-order valence-electron chi connectivity index (χ2n) is 6.11. The zero-order valence-corrected chi connectivity index (χ0v) is 12.2. The topological polar surface area (TPSA) is 50.2 Å². The molecule has 19 heavy (non-hydrogen) atoms. The van der Waals surface area contributed by atoms with Crippen molar-refractivity contribution in [2.75, 3.05) is 0 Å². The Bertz CT molecular complexity index is 482. The summed E-state index contributed by atoms with van der Waals surface area (Å²) in [6, 6.07) is 0. The van der Waals surface area contributed by atoms with Gasteiger partial charge in [0, 0.05) is 10.8 Å². The summed E-state index contributed by atoms with van der Waals surface area (Å²) >= 11 is 1.79. The number of rotatable bonds is 2. The molecule has 3 rings (SSSR count). The molecule has 1 N–H and O–H groups in total. The predicted octanol–water partition coefficient (Wildman–Crippen LogP) is 3.94. The van der Waals surface area contributed by atoms with Gasteiger partial charge in [0.05, 0.1) is 16.6 Å². The lowest BCUT2D eigenvalue weighted by Gasteiger charge is -2.24. The molecule has 4 heteroatoms. The number of aryl methyl sites for hydroxylation is 1. The van der Waals surface area contributed by atoms with Crippen LogP contribution in [0.3, 0.4) is 0 Å². The fourth-order valence-corrected chi connectivity index (χ4v) is 4.83. The zero-order valence-electron chi connectivity index (χ0n) is 11.4. The van der Waals surface area contributed by atoms with Crippen molar-refractivity contribution in [1.82, 2.24) is 4.98 Å². The third-order valence-corrected chi connectivity index (χ3v) is 5.85. The van der Waals surface area contributed by atoms with Crippen LogP contribution in [-0.4, -0.2) is 16.1 Å². The quantitative estimate of drug-likeness (QED) is 0.892. The Morgan fingerprint density at radius 2 is 2.16 bits per heavy atom. The highest BCUT2D eigenvalue weighted by molar-refractivity contribution is 7.11. The monoisotopic (exact) mass is 279 g/mol. The molecular formula is C15H21NO2S. The normalized spacial score (nSPS) is 30.9. The first-order valence-corrected chi connectivity index (χ1v) is 8.19. The van der Waals surface area contributed by atoms with E-state index < -0.39 is 5.97 Å². The summed E-state index contributed by atoms with van der Waals surface area (Å²) < 4.78 is 0. The Hall–Kier alpha value is -0.900. The number of carboxylic acid groups (broad SMARTS) is 1. The lowest BCUT2D eigenvalue weighted by molar-refractivity contribution is -0.139. The minimum atomic E-state index is -0.699. The molecule has 2 aliphatic rings. The fourth-order valence-electron chi connectivity index (χ4n) is 3.51. The van der Waals surface area contributed by atoms with Crippen LogP contribution in [0.1, 0.15) is 72.9 Å². The summed E-state index contributed by atoms with van der Waals surface area (Å²) in [5.74, 6) is 0.313. The number of thiazole rings is 1. The van der Waals surface area contributed by atoms with E-state index in [0.29, 0.717) is 5.92 Å². The number of aromatic nitrogens is 1.